The molecule has 0 bridgehead atoms. The Morgan fingerprint density at radius 1 is 1.36 bits per heavy atom. The first-order valence-electron chi connectivity index (χ1n) is 4.64. The topological polar surface area (TPSA) is 9.23 Å². The first kappa shape index (κ1) is 10.9. The van der Waals surface area contributed by atoms with E-state index in [1.807, 2.05) is 31.2 Å². The van der Waals surface area contributed by atoms with Crippen molar-refractivity contribution < 1.29 is 4.74 Å². The Balaban J connectivity index is 2.67. The fraction of sp³-hybridized carbons (Fsp3) is 0.333. The Morgan fingerprint density at radius 3 is 2.50 bits per heavy atom. The van der Waals surface area contributed by atoms with Gasteiger partial charge in [0.15, 0.2) is 0 Å². The minimum Gasteiger partial charge on any atom is -0.491 e. The van der Waals surface area contributed by atoms with Gasteiger partial charge in [-0.3, -0.25) is 0 Å². The minimum absolute atomic E-state index is 0.250. The van der Waals surface area contributed by atoms with Gasteiger partial charge in [0.1, 0.15) is 5.75 Å². The number of benzene rings is 1. The summed E-state index contributed by atoms with van der Waals surface area (Å²) in [5.74, 6) is 3.64. The van der Waals surface area contributed by atoms with Crippen LogP contribution in [0.15, 0.2) is 24.3 Å². The molecule has 74 valence electrons. The number of hydrogen-bond acceptors (Lipinski definition) is 1. The van der Waals surface area contributed by atoms with Crippen molar-refractivity contribution >= 4 is 11.6 Å². The van der Waals surface area contributed by atoms with E-state index in [4.69, 9.17) is 16.3 Å². The molecule has 0 N–H and O–H groups in total. The normalized spacial score (nSPS) is 11.4. The lowest BCUT2D eigenvalue weighted by atomic mass is 10.2. The van der Waals surface area contributed by atoms with Crippen LogP contribution in [0.25, 0.3) is 0 Å². The van der Waals surface area contributed by atoms with E-state index < -0.39 is 0 Å². The Hall–Kier alpha value is -1.13. The number of rotatable bonds is 3. The van der Waals surface area contributed by atoms with Gasteiger partial charge in [0.05, 0.1) is 6.10 Å². The van der Waals surface area contributed by atoms with Gasteiger partial charge in [0.25, 0.3) is 0 Å². The number of ether oxygens (including phenoxy) is 1. The highest BCUT2D eigenvalue weighted by atomic mass is 35.5. The molecule has 2 heteroatoms. The van der Waals surface area contributed by atoms with Crippen LogP contribution in [0.2, 0.25) is 0 Å². The standard InChI is InChI=1S/C12H13ClO/c1-3-10(2)14-12-6-4-11(5-7-12)8-9-13/h4-7,10H,3H2,1-2H3/t10-/m1/s1. The fourth-order valence-corrected chi connectivity index (χ4v) is 1.10. The molecular formula is C12H13ClO. The van der Waals surface area contributed by atoms with Gasteiger partial charge in [-0.05, 0) is 55.1 Å². The second-order valence-corrected chi connectivity index (χ2v) is 3.27. The van der Waals surface area contributed by atoms with Crippen molar-refractivity contribution in [3.05, 3.63) is 29.8 Å². The van der Waals surface area contributed by atoms with Crippen molar-refractivity contribution in [1.82, 2.24) is 0 Å². The molecule has 0 aliphatic carbocycles. The minimum atomic E-state index is 0.250. The number of hydrogen-bond donors (Lipinski definition) is 0. The molecule has 0 heterocycles. The summed E-state index contributed by atoms with van der Waals surface area (Å²) in [6.07, 6.45) is 1.25. The summed E-state index contributed by atoms with van der Waals surface area (Å²) in [5.41, 5.74) is 0.900. The molecule has 0 aliphatic heterocycles. The van der Waals surface area contributed by atoms with Crippen LogP contribution < -0.4 is 4.74 Å². The molecule has 0 radical (unpaired) electrons. The molecule has 0 aliphatic rings. The smallest absolute Gasteiger partial charge is 0.119 e. The van der Waals surface area contributed by atoms with Crippen molar-refractivity contribution in [2.24, 2.45) is 0 Å². The molecule has 0 amide bonds. The summed E-state index contributed by atoms with van der Waals surface area (Å²) < 4.78 is 5.62. The maximum atomic E-state index is 5.62. The Bertz CT molecular complexity index is 332. The SMILES string of the molecule is CC[C@@H](C)Oc1ccc(C#CCl)cc1. The van der Waals surface area contributed by atoms with Crippen molar-refractivity contribution in [2.45, 2.75) is 26.4 Å². The zero-order valence-corrected chi connectivity index (χ0v) is 9.14. The highest BCUT2D eigenvalue weighted by Crippen LogP contribution is 2.14. The van der Waals surface area contributed by atoms with E-state index in [-0.39, 0.29) is 6.10 Å². The molecule has 0 aromatic heterocycles. The lowest BCUT2D eigenvalue weighted by Gasteiger charge is -2.11. The summed E-state index contributed by atoms with van der Waals surface area (Å²) >= 11 is 5.29. The first-order chi connectivity index (χ1) is 6.76. The van der Waals surface area contributed by atoms with E-state index in [9.17, 15) is 0 Å². The second kappa shape index (κ2) is 5.57. The molecule has 1 aromatic carbocycles. The molecule has 0 saturated carbocycles. The third kappa shape index (κ3) is 3.32. The third-order valence-corrected chi connectivity index (χ3v) is 2.05. The Morgan fingerprint density at radius 2 is 2.00 bits per heavy atom. The molecule has 1 aromatic rings. The summed E-state index contributed by atoms with van der Waals surface area (Å²) in [6, 6.07) is 7.60. The maximum Gasteiger partial charge on any atom is 0.119 e. The summed E-state index contributed by atoms with van der Waals surface area (Å²) in [7, 11) is 0. The summed E-state index contributed by atoms with van der Waals surface area (Å²) in [5, 5.41) is 2.34. The molecule has 14 heavy (non-hydrogen) atoms. The molecular weight excluding hydrogens is 196 g/mol. The van der Waals surface area contributed by atoms with E-state index in [1.165, 1.54) is 0 Å². The van der Waals surface area contributed by atoms with Crippen molar-refractivity contribution in [1.29, 1.82) is 0 Å². The van der Waals surface area contributed by atoms with Crippen LogP contribution in [0.1, 0.15) is 25.8 Å². The predicted molar refractivity (Wildman–Crippen MR) is 59.6 cm³/mol. The lowest BCUT2D eigenvalue weighted by molar-refractivity contribution is 0.217. The van der Waals surface area contributed by atoms with Crippen LogP contribution in [0.5, 0.6) is 5.75 Å². The lowest BCUT2D eigenvalue weighted by Crippen LogP contribution is -2.09. The summed E-state index contributed by atoms with van der Waals surface area (Å²) in [4.78, 5) is 0. The highest BCUT2D eigenvalue weighted by Gasteiger charge is 1.99. The maximum absolute atomic E-state index is 5.62. The van der Waals surface area contributed by atoms with Crippen molar-refractivity contribution in [3.63, 3.8) is 0 Å². The Kier molecular flexibility index (Phi) is 4.35. The monoisotopic (exact) mass is 208 g/mol. The van der Waals surface area contributed by atoms with E-state index in [0.717, 1.165) is 17.7 Å². The van der Waals surface area contributed by atoms with Crippen LogP contribution in [0, 0.1) is 11.3 Å². The van der Waals surface area contributed by atoms with Gasteiger partial charge in [0.2, 0.25) is 0 Å². The molecule has 1 atom stereocenters. The van der Waals surface area contributed by atoms with E-state index in [0.29, 0.717) is 0 Å². The van der Waals surface area contributed by atoms with Gasteiger partial charge in [0, 0.05) is 10.9 Å². The average molecular weight is 209 g/mol. The van der Waals surface area contributed by atoms with Crippen LogP contribution in [-0.2, 0) is 0 Å². The molecule has 1 rings (SSSR count). The molecule has 0 fully saturated rings. The van der Waals surface area contributed by atoms with Gasteiger partial charge in [-0.2, -0.15) is 0 Å². The van der Waals surface area contributed by atoms with Gasteiger partial charge in [-0.25, -0.2) is 0 Å². The zero-order valence-electron chi connectivity index (χ0n) is 8.38. The van der Waals surface area contributed by atoms with Crippen molar-refractivity contribution in [3.8, 4) is 17.0 Å². The zero-order chi connectivity index (χ0) is 10.4. The van der Waals surface area contributed by atoms with Gasteiger partial charge >= 0.3 is 0 Å². The second-order valence-electron chi connectivity index (χ2n) is 3.08. The van der Waals surface area contributed by atoms with Gasteiger partial charge in [-0.1, -0.05) is 6.92 Å². The largest absolute Gasteiger partial charge is 0.491 e. The molecule has 1 nitrogen and oxygen atoms in total. The predicted octanol–water partition coefficient (Wildman–Crippen LogP) is 3.41. The quantitative estimate of drug-likeness (QED) is 0.692. The fourth-order valence-electron chi connectivity index (χ4n) is 0.987. The van der Waals surface area contributed by atoms with Crippen LogP contribution >= 0.6 is 11.6 Å². The van der Waals surface area contributed by atoms with Crippen LogP contribution in [0.3, 0.4) is 0 Å². The average Bonchev–Trinajstić information content (AvgIpc) is 2.21. The Labute approximate surface area is 90.0 Å². The molecule has 0 saturated heterocycles. The van der Waals surface area contributed by atoms with E-state index >= 15 is 0 Å². The molecule has 0 unspecified atom stereocenters. The van der Waals surface area contributed by atoms with Crippen LogP contribution in [0.4, 0.5) is 0 Å². The highest BCUT2D eigenvalue weighted by molar-refractivity contribution is 6.30. The van der Waals surface area contributed by atoms with E-state index in [2.05, 4.69) is 18.2 Å². The van der Waals surface area contributed by atoms with Gasteiger partial charge in [-0.15, -0.1) is 0 Å². The summed E-state index contributed by atoms with van der Waals surface area (Å²) in [6.45, 7) is 4.14. The number of halogens is 1. The third-order valence-electron chi connectivity index (χ3n) is 1.96. The molecule has 0 spiro atoms. The van der Waals surface area contributed by atoms with Crippen LogP contribution in [-0.4, -0.2) is 6.10 Å². The van der Waals surface area contributed by atoms with E-state index in [1.54, 1.807) is 0 Å². The first-order valence-corrected chi connectivity index (χ1v) is 5.02. The van der Waals surface area contributed by atoms with Gasteiger partial charge < -0.3 is 4.74 Å². The van der Waals surface area contributed by atoms with Crippen molar-refractivity contribution in [2.75, 3.05) is 0 Å².